The van der Waals surface area contributed by atoms with E-state index in [1.54, 1.807) is 31.3 Å². The fraction of sp³-hybridized carbons (Fsp3) is 0.480. The van der Waals surface area contributed by atoms with Crippen molar-refractivity contribution in [2.24, 2.45) is 11.3 Å². The number of rotatable bonds is 11. The Kier molecular flexibility index (Phi) is 11.9. The van der Waals surface area contributed by atoms with Crippen LogP contribution in [0.3, 0.4) is 0 Å². The summed E-state index contributed by atoms with van der Waals surface area (Å²) in [5.41, 5.74) is 3.31. The maximum Gasteiger partial charge on any atom is 0.314 e. The average molecular weight is 934 g/mol. The van der Waals surface area contributed by atoms with E-state index in [4.69, 9.17) is 14.2 Å². The van der Waals surface area contributed by atoms with Gasteiger partial charge in [0.05, 0.1) is 58.7 Å². The van der Waals surface area contributed by atoms with Gasteiger partial charge < -0.3 is 34.5 Å². The molecule has 16 nitrogen and oxygen atoms in total. The van der Waals surface area contributed by atoms with Crippen molar-refractivity contribution in [1.82, 2.24) is 19.6 Å². The summed E-state index contributed by atoms with van der Waals surface area (Å²) < 4.78 is 48.7. The van der Waals surface area contributed by atoms with Gasteiger partial charge in [-0.2, -0.15) is 0 Å². The number of pyridine rings is 1. The van der Waals surface area contributed by atoms with Crippen LogP contribution in [0.2, 0.25) is 0 Å². The molecule has 0 bridgehead atoms. The minimum atomic E-state index is -4.65. The zero-order valence-electron chi connectivity index (χ0n) is 38.2. The van der Waals surface area contributed by atoms with Gasteiger partial charge in [-0.25, -0.2) is 18.1 Å². The fourth-order valence-electron chi connectivity index (χ4n) is 11.2. The molecule has 67 heavy (non-hydrogen) atoms. The molecule has 0 unspecified atom stereocenters. The van der Waals surface area contributed by atoms with E-state index in [0.29, 0.717) is 62.2 Å². The number of hydrogen-bond donors (Lipinski definition) is 4. The Morgan fingerprint density at radius 3 is 2.57 bits per heavy atom. The zero-order valence-corrected chi connectivity index (χ0v) is 39.0. The number of nitro benzene ring substituents is 1. The molecule has 0 radical (unpaired) electrons. The summed E-state index contributed by atoms with van der Waals surface area (Å²) in [6.45, 7) is 10.6. The van der Waals surface area contributed by atoms with Crippen molar-refractivity contribution in [3.63, 3.8) is 0 Å². The zero-order chi connectivity index (χ0) is 46.7. The monoisotopic (exact) mass is 933 g/mol. The van der Waals surface area contributed by atoms with Gasteiger partial charge in [0.1, 0.15) is 23.3 Å². The Morgan fingerprint density at radius 1 is 1.03 bits per heavy atom. The molecule has 5 heterocycles. The van der Waals surface area contributed by atoms with Crippen molar-refractivity contribution in [2.45, 2.75) is 107 Å². The lowest BCUT2D eigenvalue weighted by atomic mass is 9.59. The maximum absolute atomic E-state index is 14.1. The van der Waals surface area contributed by atoms with Crippen molar-refractivity contribution in [2.75, 3.05) is 49.6 Å². The second-order valence-electron chi connectivity index (χ2n) is 19.9. The van der Waals surface area contributed by atoms with Crippen LogP contribution in [0.4, 0.5) is 17.1 Å². The van der Waals surface area contributed by atoms with E-state index in [0.717, 1.165) is 69.1 Å². The van der Waals surface area contributed by atoms with Crippen LogP contribution in [-0.2, 0) is 14.8 Å². The third-order valence-corrected chi connectivity index (χ3v) is 16.4. The molecular weight excluding hydrogens is 875 g/mol. The maximum atomic E-state index is 14.1. The third-order valence-electron chi connectivity index (χ3n) is 15.1. The van der Waals surface area contributed by atoms with Crippen LogP contribution in [0.1, 0.15) is 106 Å². The number of aromatic amines is 1. The normalized spacial score (nSPS) is 24.4. The smallest absolute Gasteiger partial charge is 0.314 e. The predicted octanol–water partition coefficient (Wildman–Crippen LogP) is 8.44. The molecule has 5 aromatic rings. The quantitative estimate of drug-likeness (QED) is 0.0727. The van der Waals surface area contributed by atoms with Gasteiger partial charge in [0, 0.05) is 55.1 Å². The Hall–Kier alpha value is -5.75. The Labute approximate surface area is 390 Å². The van der Waals surface area contributed by atoms with Crippen LogP contribution in [0.15, 0.2) is 84.0 Å². The number of benzene rings is 3. The molecule has 2 aliphatic carbocycles. The minimum absolute atomic E-state index is 0.0425. The molecule has 17 heteroatoms. The summed E-state index contributed by atoms with van der Waals surface area (Å²) in [6.07, 6.45) is 9.76. The van der Waals surface area contributed by atoms with Crippen LogP contribution >= 0.6 is 0 Å². The van der Waals surface area contributed by atoms with E-state index in [-0.39, 0.29) is 40.1 Å². The number of piperidine rings is 1. The van der Waals surface area contributed by atoms with Crippen LogP contribution in [0.5, 0.6) is 17.2 Å². The third kappa shape index (κ3) is 9.06. The van der Waals surface area contributed by atoms with Crippen molar-refractivity contribution in [3.05, 3.63) is 106 Å². The second kappa shape index (κ2) is 17.7. The van der Waals surface area contributed by atoms with E-state index in [1.807, 2.05) is 12.1 Å². The van der Waals surface area contributed by atoms with E-state index in [9.17, 15) is 28.4 Å². The number of aliphatic hydroxyl groups is 1. The number of nitrogens with zero attached hydrogens (tertiary/aromatic N) is 4. The Balaban J connectivity index is 0.856. The van der Waals surface area contributed by atoms with Gasteiger partial charge in [0.15, 0.2) is 0 Å². The molecule has 2 atom stereocenters. The molecule has 3 aliphatic heterocycles. The van der Waals surface area contributed by atoms with E-state index in [2.05, 4.69) is 67.9 Å². The molecule has 5 aliphatic rings. The van der Waals surface area contributed by atoms with Crippen LogP contribution in [0.25, 0.3) is 11.0 Å². The summed E-state index contributed by atoms with van der Waals surface area (Å²) in [4.78, 5) is 37.8. The number of ether oxygens (including phenoxy) is 3. The van der Waals surface area contributed by atoms with Gasteiger partial charge in [-0.1, -0.05) is 38.1 Å². The molecule has 1 spiro atoms. The van der Waals surface area contributed by atoms with Crippen molar-refractivity contribution in [1.29, 1.82) is 0 Å². The highest BCUT2D eigenvalue weighted by Gasteiger charge is 2.50. The van der Waals surface area contributed by atoms with E-state index < -0.39 is 43.1 Å². The van der Waals surface area contributed by atoms with Gasteiger partial charge in [-0.15, -0.1) is 0 Å². The number of carbonyl (C=O) groups excluding carboxylic acids is 1. The van der Waals surface area contributed by atoms with Crippen LogP contribution in [-0.4, -0.2) is 96.4 Å². The van der Waals surface area contributed by atoms with Gasteiger partial charge >= 0.3 is 5.69 Å². The van der Waals surface area contributed by atoms with Gasteiger partial charge in [0.2, 0.25) is 5.75 Å². The predicted molar refractivity (Wildman–Crippen MR) is 254 cm³/mol. The number of carbonyl (C=O) groups is 1. The fourth-order valence-corrected chi connectivity index (χ4v) is 12.2. The largest absolute Gasteiger partial charge is 0.480 e. The highest BCUT2D eigenvalue weighted by Crippen LogP contribution is 2.53. The lowest BCUT2D eigenvalue weighted by molar-refractivity contribution is -0.386. The summed E-state index contributed by atoms with van der Waals surface area (Å²) in [5, 5.41) is 26.8. The lowest BCUT2D eigenvalue weighted by Gasteiger charge is -2.57. The summed E-state index contributed by atoms with van der Waals surface area (Å²) >= 11 is 0. The Bertz CT molecular complexity index is 2790. The van der Waals surface area contributed by atoms with Crippen molar-refractivity contribution in [3.8, 4) is 17.2 Å². The van der Waals surface area contributed by atoms with Gasteiger partial charge in [-0.3, -0.25) is 19.8 Å². The van der Waals surface area contributed by atoms with E-state index in [1.165, 1.54) is 23.4 Å². The van der Waals surface area contributed by atoms with Crippen LogP contribution < -0.4 is 24.4 Å². The number of H-pyrrole nitrogens is 1. The van der Waals surface area contributed by atoms with Crippen molar-refractivity contribution >= 4 is 44.0 Å². The number of nitro groups is 1. The SMILES string of the molecule is CC(C)c1ccccc1[C@H]1COCCN1C1CC2(CCN(c3ccc(C(=O)NS(=O)(=O)c4cc5c(c([N+](=O)[O-])c4)O[C@@H](C4CCC(C)(O)CC4)CN5)c(Oc4cnc5[nH]ccc5c4)c3)CC2)C1. The topological polar surface area (TPSA) is 201 Å². The van der Waals surface area contributed by atoms with Gasteiger partial charge in [-0.05, 0) is 117 Å². The van der Waals surface area contributed by atoms with E-state index >= 15 is 0 Å². The standard InChI is InChI=1S/C50H59N7O9S/c1-31(2)38-6-4-5-7-39(38)43-30-64-21-20-56(43)35-26-50(27-35)15-18-55(19-16-50)34-8-9-40(44(23-34)65-36-22-33-12-17-51-47(33)53-28-36)48(58)54-67(62,63)37-24-41-46(42(25-37)57(60)61)66-45(29-52-41)32-10-13-49(3,59)14-11-32/h4-9,12,17,22-25,28,31-32,35,43,45,52,59H,10-11,13-16,18-21,26-27,29-30H2,1-3H3,(H,51,53)(H,54,58)/t32?,43-,45-,49?/m1/s1. The molecule has 4 fully saturated rings. The first-order valence-corrected chi connectivity index (χ1v) is 25.1. The number of nitrogens with one attached hydrogen (secondary N) is 3. The highest BCUT2D eigenvalue weighted by molar-refractivity contribution is 7.90. The molecule has 2 aromatic heterocycles. The number of amides is 1. The van der Waals surface area contributed by atoms with Crippen molar-refractivity contribution < 1.29 is 37.5 Å². The summed E-state index contributed by atoms with van der Waals surface area (Å²) in [7, 11) is -4.65. The summed E-state index contributed by atoms with van der Waals surface area (Å²) in [6, 6.07) is 20.5. The highest BCUT2D eigenvalue weighted by atomic mass is 32.2. The molecule has 3 aromatic carbocycles. The second-order valence-corrected chi connectivity index (χ2v) is 21.6. The molecule has 1 amide bonds. The number of fused-ring (bicyclic) bond motifs is 2. The first kappa shape index (κ1) is 45.1. The lowest BCUT2D eigenvalue weighted by Crippen LogP contribution is -2.58. The first-order chi connectivity index (χ1) is 32.1. The Morgan fingerprint density at radius 2 is 1.81 bits per heavy atom. The van der Waals surface area contributed by atoms with Gasteiger partial charge in [0.25, 0.3) is 15.9 Å². The number of morpholine rings is 1. The number of sulfonamides is 1. The number of hydrogen-bond acceptors (Lipinski definition) is 13. The molecular formula is C50H59N7O9S. The first-order valence-electron chi connectivity index (χ1n) is 23.6. The molecule has 2 saturated carbocycles. The van der Waals surface area contributed by atoms with Crippen LogP contribution in [0, 0.1) is 21.4 Å². The molecule has 2 saturated heterocycles. The molecule has 354 valence electrons. The summed E-state index contributed by atoms with van der Waals surface area (Å²) in [5.74, 6) is -0.0521. The number of anilines is 2. The molecule has 4 N–H and O–H groups in total. The molecule has 10 rings (SSSR count). The average Bonchev–Trinajstić information content (AvgIpc) is 3.78. The minimum Gasteiger partial charge on any atom is -0.480 e. The number of aromatic nitrogens is 2.